The molecule has 0 bridgehead atoms. The van der Waals surface area contributed by atoms with Gasteiger partial charge in [-0.05, 0) is 25.5 Å². The highest BCUT2D eigenvalue weighted by Gasteiger charge is 2.24. The second-order valence-corrected chi connectivity index (χ2v) is 7.49. The molecule has 4 unspecified atom stereocenters. The molecule has 0 fully saturated rings. The third kappa shape index (κ3) is 4.45. The van der Waals surface area contributed by atoms with Gasteiger partial charge in [0.05, 0.1) is 15.7 Å². The predicted octanol–water partition coefficient (Wildman–Crippen LogP) is 3.68. The van der Waals surface area contributed by atoms with E-state index in [-0.39, 0.29) is 22.6 Å². The fourth-order valence-electron chi connectivity index (χ4n) is 1.42. The van der Waals surface area contributed by atoms with Crippen LogP contribution >= 0.6 is 34.7 Å². The maximum atomic E-state index is 9.59. The Balaban J connectivity index is 2.81. The Hall–Kier alpha value is 0.260. The zero-order valence-electron chi connectivity index (χ0n) is 10.4. The summed E-state index contributed by atoms with van der Waals surface area (Å²) in [5.74, 6) is 0. The molecule has 0 aliphatic rings. The zero-order valence-corrected chi connectivity index (χ0v) is 12.8. The van der Waals surface area contributed by atoms with Gasteiger partial charge in [0.25, 0.3) is 0 Å². The Kier molecular flexibility index (Phi) is 6.31. The van der Waals surface area contributed by atoms with Crippen LogP contribution in [0.25, 0.3) is 0 Å². The van der Waals surface area contributed by atoms with Crippen LogP contribution in [0, 0.1) is 0 Å². The van der Waals surface area contributed by atoms with Crippen LogP contribution in [-0.2, 0) is 0 Å². The first kappa shape index (κ1) is 15.3. The van der Waals surface area contributed by atoms with Crippen molar-refractivity contribution in [2.45, 2.75) is 49.8 Å². The minimum absolute atomic E-state index is 0.0934. The van der Waals surface area contributed by atoms with Crippen LogP contribution in [0.4, 0.5) is 0 Å². The minimum Gasteiger partial charge on any atom is -0.392 e. The molecular weight excluding hydrogens is 274 g/mol. The highest BCUT2D eigenvalue weighted by atomic mass is 35.5. The number of aliphatic hydroxyl groups excluding tert-OH is 1. The average molecular weight is 294 g/mol. The van der Waals surface area contributed by atoms with Gasteiger partial charge in [-0.1, -0.05) is 25.4 Å². The minimum atomic E-state index is -0.331. The van der Waals surface area contributed by atoms with Crippen molar-refractivity contribution >= 4 is 34.7 Å². The van der Waals surface area contributed by atoms with Crippen molar-refractivity contribution in [3.05, 3.63) is 21.3 Å². The van der Waals surface area contributed by atoms with Gasteiger partial charge in [-0.3, -0.25) is 0 Å². The molecule has 98 valence electrons. The summed E-state index contributed by atoms with van der Waals surface area (Å²) in [7, 11) is 0. The Labute approximate surface area is 117 Å². The van der Waals surface area contributed by atoms with Crippen LogP contribution < -0.4 is 5.73 Å². The molecule has 0 spiro atoms. The summed E-state index contributed by atoms with van der Waals surface area (Å²) in [6.45, 7) is 5.92. The van der Waals surface area contributed by atoms with Crippen molar-refractivity contribution in [3.8, 4) is 0 Å². The summed E-state index contributed by atoms with van der Waals surface area (Å²) in [4.78, 5) is 1.20. The van der Waals surface area contributed by atoms with Gasteiger partial charge in [-0.15, -0.1) is 23.1 Å². The molecule has 0 saturated carbocycles. The van der Waals surface area contributed by atoms with E-state index in [1.54, 1.807) is 23.1 Å². The van der Waals surface area contributed by atoms with Crippen LogP contribution in [-0.4, -0.2) is 22.5 Å². The number of nitrogens with two attached hydrogens (primary N) is 1. The predicted molar refractivity (Wildman–Crippen MR) is 79.1 cm³/mol. The lowest BCUT2D eigenvalue weighted by molar-refractivity contribution is 0.196. The molecule has 17 heavy (non-hydrogen) atoms. The largest absolute Gasteiger partial charge is 0.392 e. The molecule has 1 aromatic heterocycles. The van der Waals surface area contributed by atoms with E-state index in [2.05, 4.69) is 6.92 Å². The van der Waals surface area contributed by atoms with Crippen LogP contribution in [0.1, 0.15) is 37.3 Å². The van der Waals surface area contributed by atoms with E-state index in [1.165, 1.54) is 4.88 Å². The molecule has 0 radical (unpaired) electrons. The standard InChI is InChI=1S/C12H20ClNOS2/c1-4-9(14)12(16-8(3)7(2)15)10-5-6-11(13)17-10/h5-9,12,15H,4,14H2,1-3H3. The first-order valence-corrected chi connectivity index (χ1v) is 7.93. The molecule has 1 rings (SSSR count). The van der Waals surface area contributed by atoms with Crippen molar-refractivity contribution in [3.63, 3.8) is 0 Å². The summed E-state index contributed by atoms with van der Waals surface area (Å²) in [6, 6.07) is 4.04. The van der Waals surface area contributed by atoms with E-state index >= 15 is 0 Å². The van der Waals surface area contributed by atoms with E-state index in [1.807, 2.05) is 26.0 Å². The second-order valence-electron chi connectivity index (χ2n) is 4.22. The molecular formula is C12H20ClNOS2. The summed E-state index contributed by atoms with van der Waals surface area (Å²) in [5.41, 5.74) is 6.17. The normalized spacial score (nSPS) is 18.7. The molecule has 0 aliphatic heterocycles. The fourth-order valence-corrected chi connectivity index (χ4v) is 4.15. The van der Waals surface area contributed by atoms with Crippen LogP contribution in [0.15, 0.2) is 12.1 Å². The first-order chi connectivity index (χ1) is 7.95. The SMILES string of the molecule is CCC(N)C(SC(C)C(C)O)c1ccc(Cl)s1. The number of hydrogen-bond donors (Lipinski definition) is 2. The lowest BCUT2D eigenvalue weighted by Gasteiger charge is -2.26. The summed E-state index contributed by atoms with van der Waals surface area (Å²) in [6.07, 6.45) is 0.585. The second kappa shape index (κ2) is 7.00. The molecule has 5 heteroatoms. The number of aliphatic hydroxyl groups is 1. The van der Waals surface area contributed by atoms with Gasteiger partial charge < -0.3 is 10.8 Å². The van der Waals surface area contributed by atoms with Gasteiger partial charge in [0.1, 0.15) is 0 Å². The number of rotatable bonds is 6. The van der Waals surface area contributed by atoms with E-state index in [9.17, 15) is 5.11 Å². The molecule has 4 atom stereocenters. The van der Waals surface area contributed by atoms with Crippen molar-refractivity contribution in [2.24, 2.45) is 5.73 Å². The lowest BCUT2D eigenvalue weighted by Crippen LogP contribution is -2.28. The average Bonchev–Trinajstić information content (AvgIpc) is 2.70. The summed E-state index contributed by atoms with van der Waals surface area (Å²) in [5, 5.41) is 9.97. The van der Waals surface area contributed by atoms with Crippen LogP contribution in [0.5, 0.6) is 0 Å². The van der Waals surface area contributed by atoms with Crippen molar-refractivity contribution in [1.82, 2.24) is 0 Å². The summed E-state index contributed by atoms with van der Waals surface area (Å²) < 4.78 is 0.790. The molecule has 1 aromatic rings. The van der Waals surface area contributed by atoms with Crippen molar-refractivity contribution in [2.75, 3.05) is 0 Å². The topological polar surface area (TPSA) is 46.2 Å². The van der Waals surface area contributed by atoms with Gasteiger partial charge in [-0.25, -0.2) is 0 Å². The fraction of sp³-hybridized carbons (Fsp3) is 0.667. The maximum Gasteiger partial charge on any atom is 0.0931 e. The molecule has 1 heterocycles. The Morgan fingerprint density at radius 3 is 2.53 bits per heavy atom. The lowest BCUT2D eigenvalue weighted by atomic mass is 10.1. The molecule has 2 nitrogen and oxygen atoms in total. The van der Waals surface area contributed by atoms with Gasteiger partial charge in [0.15, 0.2) is 0 Å². The summed E-state index contributed by atoms with van der Waals surface area (Å²) >= 11 is 9.28. The van der Waals surface area contributed by atoms with E-state index in [0.29, 0.717) is 0 Å². The van der Waals surface area contributed by atoms with Gasteiger partial charge in [0, 0.05) is 16.2 Å². The molecule has 0 amide bonds. The first-order valence-electron chi connectivity index (χ1n) is 5.80. The third-order valence-corrected chi connectivity index (χ3v) is 5.96. The number of hydrogen-bond acceptors (Lipinski definition) is 4. The molecule has 0 saturated heterocycles. The van der Waals surface area contributed by atoms with Gasteiger partial charge in [0.2, 0.25) is 0 Å². The number of halogens is 1. The Bertz CT molecular complexity index is 343. The Morgan fingerprint density at radius 1 is 1.47 bits per heavy atom. The van der Waals surface area contributed by atoms with Crippen molar-refractivity contribution < 1.29 is 5.11 Å². The van der Waals surface area contributed by atoms with E-state index in [4.69, 9.17) is 17.3 Å². The molecule has 0 aliphatic carbocycles. The monoisotopic (exact) mass is 293 g/mol. The van der Waals surface area contributed by atoms with Gasteiger partial charge in [-0.2, -0.15) is 0 Å². The smallest absolute Gasteiger partial charge is 0.0931 e. The van der Waals surface area contributed by atoms with Crippen molar-refractivity contribution in [1.29, 1.82) is 0 Å². The number of thioether (sulfide) groups is 1. The van der Waals surface area contributed by atoms with E-state index in [0.717, 1.165) is 10.8 Å². The number of thiophene rings is 1. The van der Waals surface area contributed by atoms with E-state index < -0.39 is 0 Å². The highest BCUT2D eigenvalue weighted by molar-refractivity contribution is 8.00. The molecule has 0 aromatic carbocycles. The zero-order chi connectivity index (χ0) is 13.0. The van der Waals surface area contributed by atoms with Gasteiger partial charge >= 0.3 is 0 Å². The Morgan fingerprint density at radius 2 is 2.12 bits per heavy atom. The highest BCUT2D eigenvalue weighted by Crippen LogP contribution is 2.40. The quantitative estimate of drug-likeness (QED) is 0.841. The third-order valence-electron chi connectivity index (χ3n) is 2.78. The van der Waals surface area contributed by atoms with Crippen LogP contribution in [0.3, 0.4) is 0 Å². The van der Waals surface area contributed by atoms with Crippen LogP contribution in [0.2, 0.25) is 4.34 Å². The molecule has 3 N–H and O–H groups in total. The maximum absolute atomic E-state index is 9.59.